The maximum absolute atomic E-state index is 10.9. The third-order valence-corrected chi connectivity index (χ3v) is 2.25. The fourth-order valence-electron chi connectivity index (χ4n) is 1.22. The van der Waals surface area contributed by atoms with Crippen molar-refractivity contribution in [1.29, 1.82) is 5.26 Å². The summed E-state index contributed by atoms with van der Waals surface area (Å²) in [7, 11) is 0. The van der Waals surface area contributed by atoms with E-state index in [1.165, 1.54) is 12.8 Å². The second-order valence-corrected chi connectivity index (χ2v) is 3.43. The lowest BCUT2D eigenvalue weighted by Gasteiger charge is -2.13. The van der Waals surface area contributed by atoms with Crippen molar-refractivity contribution in [2.75, 3.05) is 6.61 Å². The standard InChI is InChI=1S/C11H19NO2/c1-3-5-6-10(4-2)9-14-11(13)7-8-12/h10H,3-7,9H2,1-2H3. The van der Waals surface area contributed by atoms with E-state index in [0.717, 1.165) is 12.8 Å². The van der Waals surface area contributed by atoms with Gasteiger partial charge in [0.1, 0.15) is 6.42 Å². The van der Waals surface area contributed by atoms with Crippen molar-refractivity contribution in [2.45, 2.75) is 46.0 Å². The molecule has 1 unspecified atom stereocenters. The normalized spacial score (nSPS) is 11.8. The highest BCUT2D eigenvalue weighted by Crippen LogP contribution is 2.12. The van der Waals surface area contributed by atoms with E-state index in [0.29, 0.717) is 12.5 Å². The summed E-state index contributed by atoms with van der Waals surface area (Å²) in [6.07, 6.45) is 4.34. The Morgan fingerprint density at radius 1 is 1.50 bits per heavy atom. The summed E-state index contributed by atoms with van der Waals surface area (Å²) in [5, 5.41) is 8.25. The van der Waals surface area contributed by atoms with Crippen LogP contribution in [0.2, 0.25) is 0 Å². The minimum Gasteiger partial charge on any atom is -0.465 e. The van der Waals surface area contributed by atoms with Gasteiger partial charge in [0.15, 0.2) is 0 Å². The lowest BCUT2D eigenvalue weighted by molar-refractivity contribution is -0.143. The molecule has 0 aromatic heterocycles. The van der Waals surface area contributed by atoms with Gasteiger partial charge in [-0.3, -0.25) is 4.79 Å². The van der Waals surface area contributed by atoms with Crippen molar-refractivity contribution < 1.29 is 9.53 Å². The van der Waals surface area contributed by atoms with E-state index in [1.54, 1.807) is 6.07 Å². The second-order valence-electron chi connectivity index (χ2n) is 3.43. The van der Waals surface area contributed by atoms with Crippen LogP contribution in [0.15, 0.2) is 0 Å². The zero-order chi connectivity index (χ0) is 10.8. The minimum atomic E-state index is -0.401. The third-order valence-electron chi connectivity index (χ3n) is 2.25. The van der Waals surface area contributed by atoms with Gasteiger partial charge in [-0.15, -0.1) is 0 Å². The van der Waals surface area contributed by atoms with Crippen LogP contribution in [-0.4, -0.2) is 12.6 Å². The first-order chi connectivity index (χ1) is 6.74. The Kier molecular flexibility index (Phi) is 7.92. The highest BCUT2D eigenvalue weighted by Gasteiger charge is 2.09. The number of unbranched alkanes of at least 4 members (excludes halogenated alkanes) is 1. The molecule has 3 nitrogen and oxygen atoms in total. The van der Waals surface area contributed by atoms with Crippen LogP contribution >= 0.6 is 0 Å². The Labute approximate surface area is 86.1 Å². The Balaban J connectivity index is 3.61. The molecule has 0 amide bonds. The first-order valence-corrected chi connectivity index (χ1v) is 5.27. The molecule has 0 bridgehead atoms. The molecule has 0 N–H and O–H groups in total. The molecule has 3 heteroatoms. The van der Waals surface area contributed by atoms with Crippen LogP contribution < -0.4 is 0 Å². The third kappa shape index (κ3) is 6.47. The van der Waals surface area contributed by atoms with Crippen LogP contribution in [0.1, 0.15) is 46.0 Å². The molecule has 0 aromatic carbocycles. The second kappa shape index (κ2) is 8.55. The number of carbonyl (C=O) groups excluding carboxylic acids is 1. The van der Waals surface area contributed by atoms with Crippen LogP contribution in [-0.2, 0) is 9.53 Å². The molecule has 0 spiro atoms. The molecule has 0 heterocycles. The first kappa shape index (κ1) is 13.0. The SMILES string of the molecule is CCCCC(CC)COC(=O)CC#N. The van der Waals surface area contributed by atoms with E-state index < -0.39 is 5.97 Å². The number of hydrogen-bond donors (Lipinski definition) is 0. The van der Waals surface area contributed by atoms with Gasteiger partial charge in [-0.1, -0.05) is 33.1 Å². The molecule has 0 rings (SSSR count). The van der Waals surface area contributed by atoms with Gasteiger partial charge in [0.05, 0.1) is 12.7 Å². The molecule has 80 valence electrons. The van der Waals surface area contributed by atoms with Crippen molar-refractivity contribution in [3.63, 3.8) is 0 Å². The molecular formula is C11H19NO2. The van der Waals surface area contributed by atoms with Crippen molar-refractivity contribution in [2.24, 2.45) is 5.92 Å². The van der Waals surface area contributed by atoms with E-state index in [1.807, 2.05) is 0 Å². The zero-order valence-electron chi connectivity index (χ0n) is 9.08. The number of carbonyl (C=O) groups is 1. The highest BCUT2D eigenvalue weighted by molar-refractivity contribution is 5.71. The van der Waals surface area contributed by atoms with Crippen molar-refractivity contribution in [1.82, 2.24) is 0 Å². The van der Waals surface area contributed by atoms with E-state index >= 15 is 0 Å². The summed E-state index contributed by atoms with van der Waals surface area (Å²) < 4.78 is 4.97. The molecule has 0 saturated heterocycles. The van der Waals surface area contributed by atoms with Crippen LogP contribution in [0, 0.1) is 17.2 Å². The summed E-state index contributed by atoms with van der Waals surface area (Å²) in [6, 6.07) is 1.78. The zero-order valence-corrected chi connectivity index (χ0v) is 9.08. The molecule has 0 radical (unpaired) electrons. The maximum atomic E-state index is 10.9. The van der Waals surface area contributed by atoms with Crippen LogP contribution in [0.3, 0.4) is 0 Å². The fourth-order valence-corrected chi connectivity index (χ4v) is 1.22. The average molecular weight is 197 g/mol. The Bertz CT molecular complexity index is 196. The largest absolute Gasteiger partial charge is 0.465 e. The predicted molar refractivity (Wildman–Crippen MR) is 54.5 cm³/mol. The van der Waals surface area contributed by atoms with E-state index in [2.05, 4.69) is 13.8 Å². The summed E-state index contributed by atoms with van der Waals surface area (Å²) in [4.78, 5) is 10.9. The number of nitriles is 1. The minimum absolute atomic E-state index is 0.135. The van der Waals surface area contributed by atoms with E-state index in [-0.39, 0.29) is 6.42 Å². The van der Waals surface area contributed by atoms with Crippen LogP contribution in [0.4, 0.5) is 0 Å². The highest BCUT2D eigenvalue weighted by atomic mass is 16.5. The molecule has 0 aliphatic rings. The van der Waals surface area contributed by atoms with Gasteiger partial charge in [-0.25, -0.2) is 0 Å². The van der Waals surface area contributed by atoms with Crippen molar-refractivity contribution in [3.05, 3.63) is 0 Å². The molecule has 14 heavy (non-hydrogen) atoms. The van der Waals surface area contributed by atoms with Crippen molar-refractivity contribution >= 4 is 5.97 Å². The molecule has 0 aromatic rings. The Morgan fingerprint density at radius 3 is 2.71 bits per heavy atom. The van der Waals surface area contributed by atoms with Crippen molar-refractivity contribution in [3.8, 4) is 6.07 Å². The van der Waals surface area contributed by atoms with E-state index in [9.17, 15) is 4.79 Å². The molecule has 0 aliphatic carbocycles. The Hall–Kier alpha value is -1.04. The maximum Gasteiger partial charge on any atom is 0.320 e. The molecule has 1 atom stereocenters. The average Bonchev–Trinajstić information content (AvgIpc) is 2.19. The van der Waals surface area contributed by atoms with Gasteiger partial charge < -0.3 is 4.74 Å². The van der Waals surface area contributed by atoms with Gasteiger partial charge in [0, 0.05) is 0 Å². The van der Waals surface area contributed by atoms with Crippen LogP contribution in [0.25, 0.3) is 0 Å². The van der Waals surface area contributed by atoms with Crippen LogP contribution in [0.5, 0.6) is 0 Å². The summed E-state index contributed by atoms with van der Waals surface area (Å²) in [5.74, 6) is 0.0556. The lowest BCUT2D eigenvalue weighted by Crippen LogP contribution is -2.13. The van der Waals surface area contributed by atoms with Gasteiger partial charge in [-0.2, -0.15) is 5.26 Å². The van der Waals surface area contributed by atoms with Gasteiger partial charge in [-0.05, 0) is 12.3 Å². The first-order valence-electron chi connectivity index (χ1n) is 5.27. The predicted octanol–water partition coefficient (Wildman–Crippen LogP) is 2.66. The molecule has 0 fully saturated rings. The quantitative estimate of drug-likeness (QED) is 0.589. The molecule has 0 aliphatic heterocycles. The topological polar surface area (TPSA) is 50.1 Å². The van der Waals surface area contributed by atoms with Gasteiger partial charge in [0.2, 0.25) is 0 Å². The summed E-state index contributed by atoms with van der Waals surface area (Å²) in [5.41, 5.74) is 0. The Morgan fingerprint density at radius 2 is 2.21 bits per heavy atom. The number of hydrogen-bond acceptors (Lipinski definition) is 3. The van der Waals surface area contributed by atoms with Gasteiger partial charge in [0.25, 0.3) is 0 Å². The number of ether oxygens (including phenoxy) is 1. The smallest absolute Gasteiger partial charge is 0.320 e. The monoisotopic (exact) mass is 197 g/mol. The van der Waals surface area contributed by atoms with E-state index in [4.69, 9.17) is 10.00 Å². The molecule has 0 saturated carbocycles. The number of nitrogens with zero attached hydrogens (tertiary/aromatic N) is 1. The van der Waals surface area contributed by atoms with Gasteiger partial charge >= 0.3 is 5.97 Å². The number of esters is 1. The summed E-state index contributed by atoms with van der Waals surface area (Å²) in [6.45, 7) is 4.71. The fraction of sp³-hybridized carbons (Fsp3) is 0.818. The lowest BCUT2D eigenvalue weighted by atomic mass is 10.0. The number of rotatable bonds is 7. The molecular weight excluding hydrogens is 178 g/mol. The summed E-state index contributed by atoms with van der Waals surface area (Å²) >= 11 is 0.